The lowest BCUT2D eigenvalue weighted by Crippen LogP contribution is -2.46. The van der Waals surface area contributed by atoms with Gasteiger partial charge in [-0.3, -0.25) is 42.1 Å². The van der Waals surface area contributed by atoms with Crippen molar-refractivity contribution in [1.29, 1.82) is 0 Å². The highest BCUT2D eigenvalue weighted by Crippen LogP contribution is 2.61. The summed E-state index contributed by atoms with van der Waals surface area (Å²) in [4.78, 5) is 112. The van der Waals surface area contributed by atoms with E-state index in [4.69, 9.17) is 24.6 Å². The third-order valence-corrected chi connectivity index (χ3v) is 12.7. The minimum Gasteiger partial charge on any atom is -0.481 e. The molecular formula is C32H44N7O20P3S. The van der Waals surface area contributed by atoms with Crippen LogP contribution >= 0.6 is 35.2 Å². The summed E-state index contributed by atoms with van der Waals surface area (Å²) in [5, 5.41) is 34.7. The monoisotopic (exact) mass is 971 g/mol. The Labute approximate surface area is 360 Å². The number of aromatic nitrogens is 4. The van der Waals surface area contributed by atoms with E-state index in [9.17, 15) is 67.5 Å². The molecule has 0 saturated carbocycles. The lowest BCUT2D eigenvalue weighted by Gasteiger charge is -2.30. The number of ether oxygens (including phenoxy) is 1. The summed E-state index contributed by atoms with van der Waals surface area (Å²) < 4.78 is 62.2. The zero-order chi connectivity index (χ0) is 46.9. The van der Waals surface area contributed by atoms with E-state index in [0.29, 0.717) is 0 Å². The van der Waals surface area contributed by atoms with Gasteiger partial charge in [-0.25, -0.2) is 28.6 Å². The molecule has 3 aromatic rings. The topological polar surface area (TPSA) is 418 Å². The number of Topliss-reactive ketones (excluding diaryl/α,β-unsaturated/α-hetero) is 1. The van der Waals surface area contributed by atoms with E-state index in [1.54, 1.807) is 6.07 Å². The average Bonchev–Trinajstić information content (AvgIpc) is 3.76. The predicted octanol–water partition coefficient (Wildman–Crippen LogP) is 0.0260. The second-order valence-corrected chi connectivity index (χ2v) is 19.4. The normalized spacial score (nSPS) is 20.4. The summed E-state index contributed by atoms with van der Waals surface area (Å²) in [6.45, 7) is 0.0681. The molecule has 3 heterocycles. The number of carbonyl (C=O) groups excluding carboxylic acids is 4. The summed E-state index contributed by atoms with van der Waals surface area (Å²) in [5.74, 6) is -3.21. The number of aliphatic hydroxyl groups excluding tert-OH is 2. The molecule has 0 aliphatic carbocycles. The maximum absolute atomic E-state index is 12.7. The Balaban J connectivity index is 1.21. The van der Waals surface area contributed by atoms with Gasteiger partial charge < -0.3 is 56.0 Å². The summed E-state index contributed by atoms with van der Waals surface area (Å²) in [6, 6.07) is 5.92. The highest BCUT2D eigenvalue weighted by molar-refractivity contribution is 8.14. The second-order valence-electron chi connectivity index (χ2n) is 14.1. The molecule has 0 spiro atoms. The Morgan fingerprint density at radius 3 is 2.29 bits per heavy atom. The summed E-state index contributed by atoms with van der Waals surface area (Å²) >= 11 is 0.811. The van der Waals surface area contributed by atoms with E-state index in [0.717, 1.165) is 29.0 Å². The number of anilines is 1. The minimum atomic E-state index is -5.61. The molecule has 2 amide bonds. The van der Waals surface area contributed by atoms with Crippen LogP contribution in [0, 0.1) is 5.41 Å². The molecule has 0 bridgehead atoms. The Kier molecular flexibility index (Phi) is 17.8. The summed E-state index contributed by atoms with van der Waals surface area (Å²) in [5.41, 5.74) is 4.34. The smallest absolute Gasteiger partial charge is 0.481 e. The van der Waals surface area contributed by atoms with Gasteiger partial charge >= 0.3 is 29.4 Å². The van der Waals surface area contributed by atoms with Crippen molar-refractivity contribution in [2.75, 3.05) is 37.8 Å². The first kappa shape index (κ1) is 51.6. The SMILES string of the molecule is CC(C)(COP(=O)(O)OP(=O)(O)OC[C@@H]1O[C@H](n2cnc3c(N)ncnc32)[C@H](O)[C@@H]1OP(=O)(O)O)[C@@H](O)C(=O)NCCC(=O)NCCSC(=O)c1ccccc1C(=O)CCC(=O)O. The van der Waals surface area contributed by atoms with Gasteiger partial charge in [0.15, 0.2) is 23.5 Å². The predicted molar refractivity (Wildman–Crippen MR) is 214 cm³/mol. The minimum absolute atomic E-state index is 0.0132. The Bertz CT molecular complexity index is 2310. The molecule has 1 aromatic carbocycles. The molecule has 11 N–H and O–H groups in total. The van der Waals surface area contributed by atoms with Gasteiger partial charge in [-0.05, 0) is 6.07 Å². The maximum atomic E-state index is 12.7. The average molecular weight is 972 g/mol. The third kappa shape index (κ3) is 15.0. The summed E-state index contributed by atoms with van der Waals surface area (Å²) in [7, 11) is -16.5. The standard InChI is InChI=1S/C32H44N7O20P3S/c1-32(2,26(45)29(46)35-10-9-21(41)34-11-12-63-31(47)18-6-4-3-5-17(18)19(40)7-8-22(42)43)14-56-62(53,54)59-61(51,52)55-13-20-25(58-60(48,49)50)24(44)30(57-20)39-16-38-23-27(33)36-15-37-28(23)39/h3-6,15-16,20,24-26,30,44-45H,7-14H2,1-2H3,(H,34,41)(H,35,46)(H,42,43)(H,51,52)(H,53,54)(H2,33,36,37)(H2,48,49,50)/t20-,24+,25+,26-,30-/m0/s1. The third-order valence-electron chi connectivity index (χ3n) is 8.75. The lowest BCUT2D eigenvalue weighted by atomic mass is 9.87. The molecule has 0 radical (unpaired) electrons. The number of hydrogen-bond acceptors (Lipinski definition) is 20. The van der Waals surface area contributed by atoms with E-state index >= 15 is 0 Å². The van der Waals surface area contributed by atoms with Crippen molar-refractivity contribution in [1.82, 2.24) is 30.2 Å². The molecule has 7 atom stereocenters. The first-order chi connectivity index (χ1) is 29.3. The van der Waals surface area contributed by atoms with Gasteiger partial charge in [-0.1, -0.05) is 43.8 Å². The summed E-state index contributed by atoms with van der Waals surface area (Å²) in [6.07, 6.45) is -7.89. The van der Waals surface area contributed by atoms with E-state index in [2.05, 4.69) is 34.4 Å². The van der Waals surface area contributed by atoms with E-state index in [1.165, 1.54) is 32.0 Å². The van der Waals surface area contributed by atoms with Crippen molar-refractivity contribution >= 4 is 80.9 Å². The molecule has 2 aromatic heterocycles. The molecule has 1 aliphatic rings. The molecule has 1 fully saturated rings. The van der Waals surface area contributed by atoms with Gasteiger partial charge in [0.05, 0.1) is 26.0 Å². The number of hydrogen-bond donors (Lipinski definition) is 10. The number of nitrogen functional groups attached to an aromatic ring is 1. The Hall–Kier alpha value is -4.08. The van der Waals surface area contributed by atoms with Gasteiger partial charge in [-0.2, -0.15) is 4.31 Å². The van der Waals surface area contributed by atoms with Gasteiger partial charge in [0.1, 0.15) is 36.3 Å². The van der Waals surface area contributed by atoms with Gasteiger partial charge in [0.2, 0.25) is 16.9 Å². The van der Waals surface area contributed by atoms with E-state index < -0.39 is 108 Å². The van der Waals surface area contributed by atoms with Crippen LogP contribution in [0.4, 0.5) is 5.82 Å². The number of phosphoric ester groups is 3. The molecule has 31 heteroatoms. The number of rotatable bonds is 24. The largest absolute Gasteiger partial charge is 0.481 e. The molecule has 63 heavy (non-hydrogen) atoms. The first-order valence-corrected chi connectivity index (χ1v) is 23.7. The van der Waals surface area contributed by atoms with Crippen molar-refractivity contribution in [3.8, 4) is 0 Å². The number of nitrogens with two attached hydrogens (primary N) is 1. The van der Waals surface area contributed by atoms with Crippen LogP contribution < -0.4 is 16.4 Å². The van der Waals surface area contributed by atoms with Crippen LogP contribution in [-0.2, 0) is 50.7 Å². The van der Waals surface area contributed by atoms with Gasteiger partial charge in [0.25, 0.3) is 0 Å². The number of ketones is 1. The number of thioether (sulfide) groups is 1. The highest BCUT2D eigenvalue weighted by Gasteiger charge is 2.50. The maximum Gasteiger partial charge on any atom is 0.481 e. The molecule has 348 valence electrons. The highest BCUT2D eigenvalue weighted by atomic mass is 32.2. The number of benzene rings is 1. The van der Waals surface area contributed by atoms with Crippen molar-refractivity contribution in [2.24, 2.45) is 5.41 Å². The van der Waals surface area contributed by atoms with Gasteiger partial charge in [-0.15, -0.1) is 0 Å². The number of phosphoric acid groups is 3. The number of nitrogens with zero attached hydrogens (tertiary/aromatic N) is 4. The molecule has 27 nitrogen and oxygen atoms in total. The molecule has 1 aliphatic heterocycles. The molecule has 1 saturated heterocycles. The Morgan fingerprint density at radius 2 is 1.62 bits per heavy atom. The molecule has 4 rings (SSSR count). The van der Waals surface area contributed by atoms with Crippen molar-refractivity contribution in [3.63, 3.8) is 0 Å². The van der Waals surface area contributed by atoms with Crippen molar-refractivity contribution in [2.45, 2.75) is 63.8 Å². The molecule has 2 unspecified atom stereocenters. The van der Waals surface area contributed by atoms with E-state index in [-0.39, 0.29) is 59.8 Å². The second kappa shape index (κ2) is 21.7. The van der Waals surface area contributed by atoms with Gasteiger partial charge in [0, 0.05) is 48.2 Å². The zero-order valence-electron chi connectivity index (χ0n) is 33.1. The number of carboxylic acid groups (broad SMARTS) is 1. The fourth-order valence-electron chi connectivity index (χ4n) is 5.61. The number of imidazole rings is 1. The lowest BCUT2D eigenvalue weighted by molar-refractivity contribution is -0.137. The number of carbonyl (C=O) groups is 5. The fraction of sp³-hybridized carbons (Fsp3) is 0.500. The van der Waals surface area contributed by atoms with Crippen LogP contribution in [0.3, 0.4) is 0 Å². The Morgan fingerprint density at radius 1 is 0.952 bits per heavy atom. The molecular weight excluding hydrogens is 927 g/mol. The van der Waals surface area contributed by atoms with E-state index in [1.807, 2.05) is 0 Å². The van der Waals surface area contributed by atoms with Crippen LogP contribution in [0.1, 0.15) is 60.1 Å². The number of aliphatic carboxylic acids is 1. The number of nitrogens with one attached hydrogen (secondary N) is 2. The number of aliphatic hydroxyl groups is 2. The number of fused-ring (bicyclic) bond motifs is 1. The zero-order valence-corrected chi connectivity index (χ0v) is 36.6. The first-order valence-electron chi connectivity index (χ1n) is 18.2. The van der Waals surface area contributed by atoms with Crippen LogP contribution in [0.25, 0.3) is 11.2 Å². The van der Waals surface area contributed by atoms with Crippen molar-refractivity contribution < 1.29 is 95.2 Å². The fourth-order valence-corrected chi connectivity index (χ4v) is 9.16. The van der Waals surface area contributed by atoms with Crippen molar-refractivity contribution in [3.05, 3.63) is 48.0 Å². The van der Waals surface area contributed by atoms with Crippen LogP contribution in [0.2, 0.25) is 0 Å². The van der Waals surface area contributed by atoms with Crippen LogP contribution in [0.5, 0.6) is 0 Å². The quantitative estimate of drug-likeness (QED) is 0.0321. The van der Waals surface area contributed by atoms with Crippen LogP contribution in [-0.4, -0.2) is 140 Å². The van der Waals surface area contributed by atoms with Crippen LogP contribution in [0.15, 0.2) is 36.9 Å². The number of amides is 2. The number of carboxylic acids is 1.